The Hall–Kier alpha value is -1.36. The average Bonchev–Trinajstić information content (AvgIpc) is 2.27. The number of hydrogen-bond donors (Lipinski definition) is 0. The lowest BCUT2D eigenvalue weighted by Crippen LogP contribution is -2.37. The molecule has 0 aliphatic carbocycles. The van der Waals surface area contributed by atoms with E-state index in [-0.39, 0.29) is 18.3 Å². The zero-order valence-corrected chi connectivity index (χ0v) is 12.7. The molecule has 110 valence electrons. The number of carbonyl (C=O) groups excluding carboxylic acids is 2. The fraction of sp³-hybridized carbons (Fsp3) is 0.714. The van der Waals surface area contributed by atoms with Crippen molar-refractivity contribution in [3.63, 3.8) is 0 Å². The number of esters is 1. The Labute approximate surface area is 116 Å². The van der Waals surface area contributed by atoms with Crippen molar-refractivity contribution in [1.29, 1.82) is 0 Å². The molecule has 0 bridgehead atoms. The molecule has 5 heteroatoms. The third kappa shape index (κ3) is 9.25. The molecule has 0 aliphatic rings. The van der Waals surface area contributed by atoms with Crippen LogP contribution >= 0.6 is 0 Å². The number of carbonyl (C=O) groups is 2. The van der Waals surface area contributed by atoms with E-state index in [0.717, 1.165) is 12.1 Å². The molecule has 0 saturated carbocycles. The van der Waals surface area contributed by atoms with Crippen molar-refractivity contribution < 1.29 is 14.3 Å². The van der Waals surface area contributed by atoms with Gasteiger partial charge in [-0.25, -0.2) is 0 Å². The summed E-state index contributed by atoms with van der Waals surface area (Å²) in [5.41, 5.74) is 0.955. The van der Waals surface area contributed by atoms with Gasteiger partial charge in [0.1, 0.15) is 0 Å². The van der Waals surface area contributed by atoms with E-state index in [1.165, 1.54) is 0 Å². The molecular weight excluding hydrogens is 244 g/mol. The first-order chi connectivity index (χ1) is 8.86. The maximum Gasteiger partial charge on any atom is 0.307 e. The molecule has 0 aromatic carbocycles. The highest BCUT2D eigenvalue weighted by Gasteiger charge is 2.13. The molecule has 0 saturated heterocycles. The summed E-state index contributed by atoms with van der Waals surface area (Å²) in [7, 11) is 3.91. The minimum absolute atomic E-state index is 0.0499. The molecule has 0 N–H and O–H groups in total. The number of ether oxygens (including phenoxy) is 1. The van der Waals surface area contributed by atoms with Crippen molar-refractivity contribution in [2.45, 2.75) is 27.2 Å². The normalized spacial score (nSPS) is 10.2. The number of amides is 1. The molecule has 0 radical (unpaired) electrons. The van der Waals surface area contributed by atoms with E-state index in [1.807, 2.05) is 32.8 Å². The molecule has 19 heavy (non-hydrogen) atoms. The molecule has 0 atom stereocenters. The third-order valence-corrected chi connectivity index (χ3v) is 2.43. The van der Waals surface area contributed by atoms with E-state index in [4.69, 9.17) is 4.74 Å². The van der Waals surface area contributed by atoms with Gasteiger partial charge in [0.2, 0.25) is 5.91 Å². The summed E-state index contributed by atoms with van der Waals surface area (Å²) in [4.78, 5) is 27.1. The summed E-state index contributed by atoms with van der Waals surface area (Å²) in [5.74, 6) is -0.312. The predicted molar refractivity (Wildman–Crippen MR) is 75.8 cm³/mol. The van der Waals surface area contributed by atoms with Crippen LogP contribution in [0.25, 0.3) is 0 Å². The molecule has 0 aromatic heterocycles. The zero-order chi connectivity index (χ0) is 14.8. The summed E-state index contributed by atoms with van der Waals surface area (Å²) < 4.78 is 4.88. The summed E-state index contributed by atoms with van der Waals surface area (Å²) >= 11 is 0. The Bertz CT molecular complexity index is 321. The lowest BCUT2D eigenvalue weighted by atomic mass is 10.3. The first-order valence-electron chi connectivity index (χ1n) is 6.61. The van der Waals surface area contributed by atoms with Gasteiger partial charge < -0.3 is 14.5 Å². The maximum absolute atomic E-state index is 12.0. The van der Waals surface area contributed by atoms with Crippen molar-refractivity contribution in [2.24, 2.45) is 0 Å². The van der Waals surface area contributed by atoms with Crippen LogP contribution in [0.15, 0.2) is 11.6 Å². The van der Waals surface area contributed by atoms with E-state index >= 15 is 0 Å². The Morgan fingerprint density at radius 3 is 2.21 bits per heavy atom. The van der Waals surface area contributed by atoms with Crippen LogP contribution in [0.5, 0.6) is 0 Å². The second-order valence-electron chi connectivity index (χ2n) is 4.91. The first kappa shape index (κ1) is 17.6. The van der Waals surface area contributed by atoms with Crippen LogP contribution in [-0.4, -0.2) is 62.0 Å². The van der Waals surface area contributed by atoms with Gasteiger partial charge in [0, 0.05) is 25.7 Å². The second kappa shape index (κ2) is 9.55. The lowest BCUT2D eigenvalue weighted by Gasteiger charge is -2.23. The zero-order valence-electron chi connectivity index (χ0n) is 12.7. The average molecular weight is 270 g/mol. The number of likely N-dealkylation sites (N-methyl/N-ethyl adjacent to an activating group) is 1. The Morgan fingerprint density at radius 1 is 1.11 bits per heavy atom. The van der Waals surface area contributed by atoms with Gasteiger partial charge in [-0.3, -0.25) is 9.59 Å². The van der Waals surface area contributed by atoms with Gasteiger partial charge in [0.25, 0.3) is 0 Å². The third-order valence-electron chi connectivity index (χ3n) is 2.43. The number of rotatable bonds is 8. The van der Waals surface area contributed by atoms with Crippen LogP contribution in [0.2, 0.25) is 0 Å². The Morgan fingerprint density at radius 2 is 1.74 bits per heavy atom. The Balaban J connectivity index is 4.45. The van der Waals surface area contributed by atoms with Crippen LogP contribution in [0, 0.1) is 0 Å². The number of hydrogen-bond acceptors (Lipinski definition) is 4. The van der Waals surface area contributed by atoms with Crippen LogP contribution in [0.4, 0.5) is 0 Å². The van der Waals surface area contributed by atoms with Crippen molar-refractivity contribution in [3.8, 4) is 0 Å². The van der Waals surface area contributed by atoms with E-state index in [0.29, 0.717) is 19.7 Å². The standard InChI is InChI=1S/C14H26N2O3/c1-6-19-14(18)7-8-16(10-9-15(4)5)13(17)11-12(2)3/h11H,6-10H2,1-5H3. The van der Waals surface area contributed by atoms with Crippen LogP contribution in [0.3, 0.4) is 0 Å². The minimum atomic E-state index is -0.262. The van der Waals surface area contributed by atoms with E-state index in [2.05, 4.69) is 0 Å². The molecule has 0 aromatic rings. The first-order valence-corrected chi connectivity index (χ1v) is 6.61. The van der Waals surface area contributed by atoms with Crippen molar-refractivity contribution in [1.82, 2.24) is 9.80 Å². The highest BCUT2D eigenvalue weighted by Crippen LogP contribution is 2.00. The van der Waals surface area contributed by atoms with Gasteiger partial charge in [-0.2, -0.15) is 0 Å². The fourth-order valence-electron chi connectivity index (χ4n) is 1.45. The molecule has 0 unspecified atom stereocenters. The summed E-state index contributed by atoms with van der Waals surface area (Å²) in [6.07, 6.45) is 1.84. The summed E-state index contributed by atoms with van der Waals surface area (Å²) in [6.45, 7) is 7.69. The molecule has 0 rings (SSSR count). The van der Waals surface area contributed by atoms with Gasteiger partial charge in [0.15, 0.2) is 0 Å². The quantitative estimate of drug-likeness (QED) is 0.493. The van der Waals surface area contributed by atoms with E-state index < -0.39 is 0 Å². The van der Waals surface area contributed by atoms with Crippen molar-refractivity contribution in [2.75, 3.05) is 40.3 Å². The topological polar surface area (TPSA) is 49.9 Å². The summed E-state index contributed by atoms with van der Waals surface area (Å²) in [5, 5.41) is 0. The van der Waals surface area contributed by atoms with E-state index in [1.54, 1.807) is 17.9 Å². The van der Waals surface area contributed by atoms with Crippen molar-refractivity contribution >= 4 is 11.9 Å². The Kier molecular flexibility index (Phi) is 8.87. The van der Waals surface area contributed by atoms with E-state index in [9.17, 15) is 9.59 Å². The SMILES string of the molecule is CCOC(=O)CCN(CCN(C)C)C(=O)C=C(C)C. The molecule has 0 fully saturated rings. The van der Waals surface area contributed by atoms with Gasteiger partial charge in [-0.15, -0.1) is 0 Å². The number of nitrogens with zero attached hydrogens (tertiary/aromatic N) is 2. The van der Waals surface area contributed by atoms with Crippen molar-refractivity contribution in [3.05, 3.63) is 11.6 Å². The van der Waals surface area contributed by atoms with Gasteiger partial charge in [-0.1, -0.05) is 5.57 Å². The highest BCUT2D eigenvalue weighted by atomic mass is 16.5. The molecule has 0 aliphatic heterocycles. The molecule has 1 amide bonds. The van der Waals surface area contributed by atoms with Gasteiger partial charge in [-0.05, 0) is 34.9 Å². The monoisotopic (exact) mass is 270 g/mol. The largest absolute Gasteiger partial charge is 0.466 e. The van der Waals surface area contributed by atoms with Gasteiger partial charge >= 0.3 is 5.97 Å². The second-order valence-corrected chi connectivity index (χ2v) is 4.91. The van der Waals surface area contributed by atoms with Crippen LogP contribution in [0.1, 0.15) is 27.2 Å². The predicted octanol–water partition coefficient (Wildman–Crippen LogP) is 1.30. The smallest absolute Gasteiger partial charge is 0.307 e. The lowest BCUT2D eigenvalue weighted by molar-refractivity contribution is -0.143. The fourth-order valence-corrected chi connectivity index (χ4v) is 1.45. The van der Waals surface area contributed by atoms with Gasteiger partial charge in [0.05, 0.1) is 13.0 Å². The summed E-state index contributed by atoms with van der Waals surface area (Å²) in [6, 6.07) is 0. The van der Waals surface area contributed by atoms with Crippen LogP contribution in [-0.2, 0) is 14.3 Å². The molecular formula is C14H26N2O3. The molecule has 0 heterocycles. The molecule has 5 nitrogen and oxygen atoms in total. The molecule has 0 spiro atoms. The van der Waals surface area contributed by atoms with Crippen LogP contribution < -0.4 is 0 Å². The maximum atomic E-state index is 12.0. The minimum Gasteiger partial charge on any atom is -0.466 e. The highest BCUT2D eigenvalue weighted by molar-refractivity contribution is 5.88. The number of allylic oxidation sites excluding steroid dienone is 1.